The summed E-state index contributed by atoms with van der Waals surface area (Å²) >= 11 is 0. The van der Waals surface area contributed by atoms with Crippen LogP contribution in [-0.2, 0) is 10.0 Å². The van der Waals surface area contributed by atoms with Crippen molar-refractivity contribution in [2.45, 2.75) is 51.2 Å². The molecule has 2 atom stereocenters. The van der Waals surface area contributed by atoms with E-state index in [0.717, 1.165) is 53.3 Å². The fraction of sp³-hybridized carbons (Fsp3) is 0.385. The molecule has 6 rings (SSSR count). The maximum Gasteiger partial charge on any atom is 0.280 e. The van der Waals surface area contributed by atoms with E-state index >= 15 is 0 Å². The van der Waals surface area contributed by atoms with Crippen molar-refractivity contribution in [1.82, 2.24) is 14.2 Å². The number of pyridine rings is 1. The molecule has 0 spiro atoms. The van der Waals surface area contributed by atoms with Gasteiger partial charge in [0.25, 0.3) is 15.9 Å². The van der Waals surface area contributed by atoms with Crippen LogP contribution in [0.1, 0.15) is 53.7 Å². The van der Waals surface area contributed by atoms with Gasteiger partial charge in [-0.25, -0.2) is 8.42 Å². The van der Waals surface area contributed by atoms with Crippen LogP contribution in [0.5, 0.6) is 0 Å². The molecule has 3 aromatic rings. The average molecular weight is 505 g/mol. The Morgan fingerprint density at radius 1 is 1.06 bits per heavy atom. The number of carbonyl (C=O) groups excluding carboxylic acids is 1. The minimum atomic E-state index is -3.55. The number of rotatable bonds is 0. The third-order valence-corrected chi connectivity index (χ3v) is 9.23. The van der Waals surface area contributed by atoms with Crippen LogP contribution in [0, 0.1) is 19.8 Å². The Morgan fingerprint density at radius 3 is 2.78 bits per heavy atom. The van der Waals surface area contributed by atoms with Crippen molar-refractivity contribution in [2.75, 3.05) is 16.8 Å². The van der Waals surface area contributed by atoms with Crippen molar-refractivity contribution in [3.63, 3.8) is 0 Å². The van der Waals surface area contributed by atoms with Crippen molar-refractivity contribution in [2.24, 2.45) is 10.9 Å². The SMILES string of the molecule is Cc1ccc2c(c1)N1CCCCCC3CC3S(=O)(=O)n3cc(cn3)-c3cc(cc(C)n3)C(=O)/N=C/1N2. The van der Waals surface area contributed by atoms with Crippen LogP contribution in [-0.4, -0.2) is 46.2 Å². The number of benzene rings is 1. The molecule has 2 aliphatic heterocycles. The number of aliphatic imine (C=N–C) groups is 1. The standard InChI is InChI=1S/C26H28N6O3S/c1-16-7-8-21-23(10-16)31-9-5-3-4-6-18-13-24(18)36(34,35)32-15-20(14-27-32)22-12-19(11-17(2)28-22)25(33)30-26(31)29-21/h7-8,10-12,14-15,18,24H,3-6,9,13H2,1-2H3,(H,29,30,33). The van der Waals surface area contributed by atoms with E-state index in [1.165, 1.54) is 12.4 Å². The predicted molar refractivity (Wildman–Crippen MR) is 139 cm³/mol. The Bertz CT molecular complexity index is 1510. The predicted octanol–water partition coefficient (Wildman–Crippen LogP) is 4.13. The molecule has 1 fully saturated rings. The van der Waals surface area contributed by atoms with Crippen LogP contribution in [0.2, 0.25) is 0 Å². The topological polar surface area (TPSA) is 110 Å². The van der Waals surface area contributed by atoms with Crippen LogP contribution in [0.15, 0.2) is 47.7 Å². The molecule has 1 amide bonds. The molecule has 0 saturated heterocycles. The molecule has 1 aromatic carbocycles. The fourth-order valence-corrected chi connectivity index (χ4v) is 6.97. The zero-order valence-electron chi connectivity index (χ0n) is 20.3. The summed E-state index contributed by atoms with van der Waals surface area (Å²) in [6, 6.07) is 9.50. The van der Waals surface area contributed by atoms with Gasteiger partial charge in [-0.2, -0.15) is 14.2 Å². The third-order valence-electron chi connectivity index (χ3n) is 7.17. The molecular weight excluding hydrogens is 476 g/mol. The molecule has 9 nitrogen and oxygen atoms in total. The molecule has 1 N–H and O–H groups in total. The first kappa shape index (κ1) is 22.9. The number of carbonyl (C=O) groups is 1. The second-order valence-electron chi connectivity index (χ2n) is 9.95. The van der Waals surface area contributed by atoms with E-state index in [0.29, 0.717) is 34.9 Å². The zero-order chi connectivity index (χ0) is 25.0. The van der Waals surface area contributed by atoms with E-state index in [1.807, 2.05) is 19.1 Å². The number of fused-ring (bicyclic) bond motifs is 9. The van der Waals surface area contributed by atoms with Gasteiger partial charge in [-0.3, -0.25) is 9.78 Å². The van der Waals surface area contributed by atoms with E-state index in [2.05, 4.69) is 31.4 Å². The molecule has 186 valence electrons. The third kappa shape index (κ3) is 4.09. The molecule has 1 saturated carbocycles. The van der Waals surface area contributed by atoms with Crippen LogP contribution >= 0.6 is 0 Å². The van der Waals surface area contributed by atoms with Gasteiger partial charge < -0.3 is 10.2 Å². The zero-order valence-corrected chi connectivity index (χ0v) is 21.1. The molecular formula is C26H28N6O3S. The summed E-state index contributed by atoms with van der Waals surface area (Å²) in [5.41, 5.74) is 5.15. The summed E-state index contributed by atoms with van der Waals surface area (Å²) < 4.78 is 27.3. The van der Waals surface area contributed by atoms with Crippen LogP contribution < -0.4 is 10.2 Å². The average Bonchev–Trinajstić information content (AvgIpc) is 3.31. The highest BCUT2D eigenvalue weighted by atomic mass is 32.2. The lowest BCUT2D eigenvalue weighted by Gasteiger charge is -2.19. The number of nitrogens with one attached hydrogen (secondary N) is 1. The smallest absolute Gasteiger partial charge is 0.280 e. The van der Waals surface area contributed by atoms with Gasteiger partial charge in [0, 0.05) is 23.4 Å². The number of guanidine groups is 1. The summed E-state index contributed by atoms with van der Waals surface area (Å²) in [7, 11) is -3.55. The van der Waals surface area contributed by atoms with Crippen molar-refractivity contribution >= 4 is 33.3 Å². The maximum atomic E-state index is 13.3. The summed E-state index contributed by atoms with van der Waals surface area (Å²) in [6.45, 7) is 4.57. The van der Waals surface area contributed by atoms with Gasteiger partial charge >= 0.3 is 0 Å². The fourth-order valence-electron chi connectivity index (χ4n) is 5.14. The van der Waals surface area contributed by atoms with E-state index in [9.17, 15) is 13.2 Å². The van der Waals surface area contributed by atoms with Gasteiger partial charge in [-0.1, -0.05) is 18.9 Å². The van der Waals surface area contributed by atoms with Crippen LogP contribution in [0.25, 0.3) is 11.3 Å². The molecule has 2 unspecified atom stereocenters. The number of anilines is 2. The monoisotopic (exact) mass is 504 g/mol. The van der Waals surface area contributed by atoms with Crippen LogP contribution in [0.4, 0.5) is 11.4 Å². The van der Waals surface area contributed by atoms with Crippen molar-refractivity contribution in [3.05, 3.63) is 59.5 Å². The van der Waals surface area contributed by atoms with Crippen molar-refractivity contribution in [3.8, 4) is 11.3 Å². The molecule has 36 heavy (non-hydrogen) atoms. The highest BCUT2D eigenvalue weighted by Gasteiger charge is 2.48. The minimum absolute atomic E-state index is 0.178. The van der Waals surface area contributed by atoms with Gasteiger partial charge in [-0.05, 0) is 68.9 Å². The number of aryl methyl sites for hydroxylation is 2. The maximum absolute atomic E-state index is 13.3. The number of nitrogens with zero attached hydrogens (tertiary/aromatic N) is 5. The lowest BCUT2D eigenvalue weighted by Crippen LogP contribution is -2.32. The van der Waals surface area contributed by atoms with E-state index in [4.69, 9.17) is 0 Å². The number of hydrogen-bond donors (Lipinski definition) is 1. The molecule has 3 aliphatic rings. The first-order valence-electron chi connectivity index (χ1n) is 12.4. The Hall–Kier alpha value is -3.53. The van der Waals surface area contributed by atoms with Gasteiger partial charge in [0.15, 0.2) is 0 Å². The van der Waals surface area contributed by atoms with E-state index in [1.54, 1.807) is 19.1 Å². The van der Waals surface area contributed by atoms with Gasteiger partial charge in [0.05, 0.1) is 34.7 Å². The largest absolute Gasteiger partial charge is 0.324 e. The van der Waals surface area contributed by atoms with Gasteiger partial charge in [0.1, 0.15) is 0 Å². The summed E-state index contributed by atoms with van der Waals surface area (Å²) in [5, 5.41) is 7.07. The highest BCUT2D eigenvalue weighted by Crippen LogP contribution is 2.42. The first-order valence-corrected chi connectivity index (χ1v) is 13.9. The van der Waals surface area contributed by atoms with Crippen molar-refractivity contribution < 1.29 is 13.2 Å². The Labute approximate surface area is 210 Å². The molecule has 2 aromatic heterocycles. The highest BCUT2D eigenvalue weighted by molar-refractivity contribution is 7.90. The summed E-state index contributed by atoms with van der Waals surface area (Å²) in [5.74, 6) is 0.316. The molecule has 10 heteroatoms. The first-order chi connectivity index (χ1) is 17.3. The van der Waals surface area contributed by atoms with Gasteiger partial charge in [0.2, 0.25) is 5.96 Å². The second-order valence-corrected chi connectivity index (χ2v) is 12.0. The number of aromatic nitrogens is 3. The van der Waals surface area contributed by atoms with Gasteiger partial charge in [-0.15, -0.1) is 0 Å². The Morgan fingerprint density at radius 2 is 1.92 bits per heavy atom. The Kier molecular flexibility index (Phi) is 5.44. The lowest BCUT2D eigenvalue weighted by atomic mass is 10.1. The quantitative estimate of drug-likeness (QED) is 0.490. The minimum Gasteiger partial charge on any atom is -0.324 e. The molecule has 4 bridgehead atoms. The lowest BCUT2D eigenvalue weighted by molar-refractivity contribution is 0.100. The Balaban J connectivity index is 1.40. The van der Waals surface area contributed by atoms with Crippen molar-refractivity contribution in [1.29, 1.82) is 0 Å². The molecule has 0 radical (unpaired) electrons. The molecule has 4 heterocycles. The molecule has 1 aliphatic carbocycles. The summed E-state index contributed by atoms with van der Waals surface area (Å²) in [6.07, 6.45) is 7.39. The van der Waals surface area contributed by atoms with E-state index < -0.39 is 10.0 Å². The van der Waals surface area contributed by atoms with E-state index in [-0.39, 0.29) is 17.1 Å². The second kappa shape index (κ2) is 8.55. The number of hydrogen-bond acceptors (Lipinski definition) is 7. The van der Waals surface area contributed by atoms with Crippen LogP contribution in [0.3, 0.4) is 0 Å². The normalized spacial score (nSPS) is 24.3. The summed E-state index contributed by atoms with van der Waals surface area (Å²) in [4.78, 5) is 24.4. The number of amides is 1.